The first-order chi connectivity index (χ1) is 9.78. The summed E-state index contributed by atoms with van der Waals surface area (Å²) in [6.45, 7) is 5.36. The van der Waals surface area contributed by atoms with E-state index in [0.29, 0.717) is 21.9 Å². The van der Waals surface area contributed by atoms with Crippen LogP contribution in [-0.2, 0) is 4.74 Å². The van der Waals surface area contributed by atoms with Gasteiger partial charge in [0.1, 0.15) is 5.60 Å². The number of carbonyl (C=O) groups is 1. The van der Waals surface area contributed by atoms with Crippen molar-refractivity contribution in [3.05, 3.63) is 36.4 Å². The average Bonchev–Trinajstić information content (AvgIpc) is 2.36. The van der Waals surface area contributed by atoms with Crippen molar-refractivity contribution in [2.45, 2.75) is 26.4 Å². The Kier molecular flexibility index (Phi) is 4.20. The molecule has 0 aliphatic rings. The molecule has 0 heterocycles. The lowest BCUT2D eigenvalue weighted by molar-refractivity contribution is 0.0636. The van der Waals surface area contributed by atoms with E-state index < -0.39 is 18.8 Å². The maximum absolute atomic E-state index is 11.9. The summed E-state index contributed by atoms with van der Waals surface area (Å²) in [5.74, 6) is 0. The molecule has 0 aromatic heterocycles. The minimum absolute atomic E-state index is 0.389. The van der Waals surface area contributed by atoms with Gasteiger partial charge in [0.2, 0.25) is 0 Å². The molecule has 0 unspecified atom stereocenters. The SMILES string of the molecule is CC(C)(C)OC(=O)Nc1ccc(B(O)O)c2ccccc12. The molecule has 2 aromatic rings. The summed E-state index contributed by atoms with van der Waals surface area (Å²) in [4.78, 5) is 11.9. The molecule has 5 nitrogen and oxygen atoms in total. The Morgan fingerprint density at radius 1 is 1.10 bits per heavy atom. The quantitative estimate of drug-likeness (QED) is 0.737. The van der Waals surface area contributed by atoms with E-state index >= 15 is 0 Å². The van der Waals surface area contributed by atoms with Crippen LogP contribution in [0.5, 0.6) is 0 Å². The number of benzene rings is 2. The molecule has 6 heteroatoms. The molecule has 0 atom stereocenters. The molecule has 0 aliphatic carbocycles. The molecule has 110 valence electrons. The van der Waals surface area contributed by atoms with Gasteiger partial charge in [0.25, 0.3) is 0 Å². The van der Waals surface area contributed by atoms with Crippen molar-refractivity contribution in [2.75, 3.05) is 5.32 Å². The highest BCUT2D eigenvalue weighted by molar-refractivity contribution is 6.62. The Balaban J connectivity index is 2.38. The van der Waals surface area contributed by atoms with Crippen LogP contribution < -0.4 is 10.8 Å². The Morgan fingerprint density at radius 3 is 2.29 bits per heavy atom. The summed E-state index contributed by atoms with van der Waals surface area (Å²) in [6, 6.07) is 10.4. The van der Waals surface area contributed by atoms with E-state index in [1.54, 1.807) is 51.1 Å². The largest absolute Gasteiger partial charge is 0.489 e. The minimum Gasteiger partial charge on any atom is -0.444 e. The van der Waals surface area contributed by atoms with Gasteiger partial charge in [-0.25, -0.2) is 4.79 Å². The van der Waals surface area contributed by atoms with Crippen molar-refractivity contribution < 1.29 is 19.6 Å². The molecule has 0 saturated carbocycles. The number of amides is 1. The fourth-order valence-corrected chi connectivity index (χ4v) is 2.07. The number of carbonyl (C=O) groups excluding carboxylic acids is 1. The van der Waals surface area contributed by atoms with Crippen molar-refractivity contribution in [2.24, 2.45) is 0 Å². The van der Waals surface area contributed by atoms with Crippen LogP contribution in [0.15, 0.2) is 36.4 Å². The fraction of sp³-hybridized carbons (Fsp3) is 0.267. The summed E-state index contributed by atoms with van der Waals surface area (Å²) in [5, 5.41) is 22.8. The minimum atomic E-state index is -1.56. The number of hydrogen-bond acceptors (Lipinski definition) is 4. The Labute approximate surface area is 123 Å². The molecule has 2 rings (SSSR count). The van der Waals surface area contributed by atoms with Crippen LogP contribution in [0.4, 0.5) is 10.5 Å². The topological polar surface area (TPSA) is 78.8 Å². The molecule has 0 saturated heterocycles. The van der Waals surface area contributed by atoms with Crippen LogP contribution in [0.1, 0.15) is 20.8 Å². The van der Waals surface area contributed by atoms with Gasteiger partial charge in [-0.2, -0.15) is 0 Å². The second-order valence-corrected chi connectivity index (χ2v) is 5.75. The van der Waals surface area contributed by atoms with Gasteiger partial charge in [-0.1, -0.05) is 30.3 Å². The highest BCUT2D eigenvalue weighted by Crippen LogP contribution is 2.22. The lowest BCUT2D eigenvalue weighted by Crippen LogP contribution is -2.31. The second kappa shape index (κ2) is 5.75. The van der Waals surface area contributed by atoms with Crippen LogP contribution >= 0.6 is 0 Å². The Morgan fingerprint density at radius 2 is 1.71 bits per heavy atom. The van der Waals surface area contributed by atoms with Crippen LogP contribution in [-0.4, -0.2) is 28.9 Å². The van der Waals surface area contributed by atoms with Gasteiger partial charge in [-0.3, -0.25) is 5.32 Å². The molecule has 1 amide bonds. The van der Waals surface area contributed by atoms with E-state index in [2.05, 4.69) is 5.32 Å². The number of hydrogen-bond donors (Lipinski definition) is 3. The number of rotatable bonds is 2. The Bertz CT molecular complexity index is 664. The van der Waals surface area contributed by atoms with Gasteiger partial charge < -0.3 is 14.8 Å². The van der Waals surface area contributed by atoms with Crippen molar-refractivity contribution in [3.8, 4) is 0 Å². The van der Waals surface area contributed by atoms with Gasteiger partial charge in [0.05, 0.1) is 5.69 Å². The van der Waals surface area contributed by atoms with E-state index in [1.807, 2.05) is 6.07 Å². The van der Waals surface area contributed by atoms with E-state index in [0.717, 1.165) is 0 Å². The third-order valence-corrected chi connectivity index (χ3v) is 2.87. The third kappa shape index (κ3) is 3.74. The number of ether oxygens (including phenoxy) is 1. The highest BCUT2D eigenvalue weighted by Gasteiger charge is 2.19. The lowest BCUT2D eigenvalue weighted by Gasteiger charge is -2.20. The predicted molar refractivity (Wildman–Crippen MR) is 83.6 cm³/mol. The zero-order valence-corrected chi connectivity index (χ0v) is 12.3. The van der Waals surface area contributed by atoms with Crippen molar-refractivity contribution in [1.29, 1.82) is 0 Å². The summed E-state index contributed by atoms with van der Waals surface area (Å²) < 4.78 is 5.22. The molecule has 0 spiro atoms. The van der Waals surface area contributed by atoms with E-state index in [9.17, 15) is 14.8 Å². The van der Waals surface area contributed by atoms with Crippen molar-refractivity contribution in [3.63, 3.8) is 0 Å². The number of fused-ring (bicyclic) bond motifs is 1. The zero-order chi connectivity index (χ0) is 15.6. The standard InChI is InChI=1S/C15H18BNO4/c1-15(2,3)21-14(18)17-13-9-8-12(16(19)20)10-6-4-5-7-11(10)13/h4-9,19-20H,1-3H3,(H,17,18). The normalized spacial score (nSPS) is 11.3. The van der Waals surface area contributed by atoms with Gasteiger partial charge in [0.15, 0.2) is 0 Å². The van der Waals surface area contributed by atoms with Crippen molar-refractivity contribution in [1.82, 2.24) is 0 Å². The van der Waals surface area contributed by atoms with Gasteiger partial charge >= 0.3 is 13.2 Å². The first kappa shape index (κ1) is 15.3. The lowest BCUT2D eigenvalue weighted by atomic mass is 9.77. The van der Waals surface area contributed by atoms with Gasteiger partial charge in [0, 0.05) is 5.39 Å². The molecule has 0 bridgehead atoms. The molecule has 0 aliphatic heterocycles. The predicted octanol–water partition coefficient (Wildman–Crippen LogP) is 1.87. The van der Waals surface area contributed by atoms with Crippen LogP contribution in [0.3, 0.4) is 0 Å². The summed E-state index contributed by atoms with van der Waals surface area (Å²) >= 11 is 0. The average molecular weight is 287 g/mol. The third-order valence-electron chi connectivity index (χ3n) is 2.87. The first-order valence-electron chi connectivity index (χ1n) is 6.66. The molecule has 0 fully saturated rings. The molecular formula is C15H18BNO4. The van der Waals surface area contributed by atoms with Crippen LogP contribution in [0.2, 0.25) is 0 Å². The molecule has 3 N–H and O–H groups in total. The summed E-state index contributed by atoms with van der Waals surface area (Å²) in [7, 11) is -1.56. The van der Waals surface area contributed by atoms with Crippen LogP contribution in [0.25, 0.3) is 10.8 Å². The highest BCUT2D eigenvalue weighted by atomic mass is 16.6. The zero-order valence-electron chi connectivity index (χ0n) is 12.3. The molecular weight excluding hydrogens is 269 g/mol. The number of anilines is 1. The Hall–Kier alpha value is -2.05. The van der Waals surface area contributed by atoms with Crippen molar-refractivity contribution >= 4 is 35.1 Å². The van der Waals surface area contributed by atoms with E-state index in [-0.39, 0.29) is 0 Å². The molecule has 2 aromatic carbocycles. The summed E-state index contributed by atoms with van der Waals surface area (Å²) in [5.41, 5.74) is 0.366. The van der Waals surface area contributed by atoms with Gasteiger partial charge in [-0.05, 0) is 37.7 Å². The van der Waals surface area contributed by atoms with E-state index in [1.165, 1.54) is 0 Å². The van der Waals surface area contributed by atoms with Crippen LogP contribution in [0, 0.1) is 0 Å². The number of nitrogens with one attached hydrogen (secondary N) is 1. The smallest absolute Gasteiger partial charge is 0.444 e. The molecule has 21 heavy (non-hydrogen) atoms. The fourth-order valence-electron chi connectivity index (χ4n) is 2.07. The van der Waals surface area contributed by atoms with Gasteiger partial charge in [-0.15, -0.1) is 0 Å². The van der Waals surface area contributed by atoms with E-state index in [4.69, 9.17) is 4.74 Å². The monoisotopic (exact) mass is 287 g/mol. The second-order valence-electron chi connectivity index (χ2n) is 5.75. The first-order valence-corrected chi connectivity index (χ1v) is 6.66. The maximum atomic E-state index is 11.9. The molecule has 0 radical (unpaired) electrons. The summed E-state index contributed by atoms with van der Waals surface area (Å²) in [6.07, 6.45) is -0.551. The maximum Gasteiger partial charge on any atom is 0.489 e.